The van der Waals surface area contributed by atoms with Crippen molar-refractivity contribution in [2.45, 2.75) is 20.0 Å². The highest BCUT2D eigenvalue weighted by Crippen LogP contribution is 2.20. The van der Waals surface area contributed by atoms with E-state index in [1.54, 1.807) is 11.3 Å². The van der Waals surface area contributed by atoms with Gasteiger partial charge in [-0.1, -0.05) is 18.2 Å². The maximum absolute atomic E-state index is 9.80. The van der Waals surface area contributed by atoms with Gasteiger partial charge in [-0.3, -0.25) is 0 Å². The molecule has 1 heterocycles. The molecule has 0 aliphatic carbocycles. The second-order valence-corrected chi connectivity index (χ2v) is 4.38. The summed E-state index contributed by atoms with van der Waals surface area (Å²) >= 11 is 1.59. The first-order chi connectivity index (χ1) is 7.77. The average Bonchev–Trinajstić information content (AvgIpc) is 2.77. The second-order valence-electron chi connectivity index (χ2n) is 3.67. The van der Waals surface area contributed by atoms with Gasteiger partial charge in [0.2, 0.25) is 0 Å². The fraction of sp³-hybridized carbons (Fsp3) is 0.250. The van der Waals surface area contributed by atoms with Gasteiger partial charge in [-0.15, -0.1) is 11.3 Å². The predicted octanol–water partition coefficient (Wildman–Crippen LogP) is 2.45. The van der Waals surface area contributed by atoms with Crippen molar-refractivity contribution in [3.8, 4) is 5.75 Å². The maximum Gasteiger partial charge on any atom is 0.122 e. The number of aromatic hydroxyl groups is 1. The van der Waals surface area contributed by atoms with Gasteiger partial charge in [-0.2, -0.15) is 0 Å². The lowest BCUT2D eigenvalue weighted by atomic mass is 10.1. The molecular formula is C12H14N2OS. The van der Waals surface area contributed by atoms with Gasteiger partial charge in [-0.05, 0) is 12.5 Å². The lowest BCUT2D eigenvalue weighted by Crippen LogP contribution is -2.13. The highest BCUT2D eigenvalue weighted by molar-refractivity contribution is 7.07. The summed E-state index contributed by atoms with van der Waals surface area (Å²) in [5.74, 6) is 0.383. The molecule has 2 aromatic rings. The summed E-state index contributed by atoms with van der Waals surface area (Å²) in [7, 11) is 0. The van der Waals surface area contributed by atoms with E-state index in [9.17, 15) is 5.11 Å². The number of phenols is 1. The number of nitrogens with zero attached hydrogens (tertiary/aromatic N) is 1. The molecule has 0 bridgehead atoms. The number of rotatable bonds is 4. The number of phenolic OH excluding ortho intramolecular Hbond substituents is 1. The van der Waals surface area contributed by atoms with Gasteiger partial charge in [0, 0.05) is 24.0 Å². The fourth-order valence-corrected chi connectivity index (χ4v) is 2.07. The van der Waals surface area contributed by atoms with E-state index in [-0.39, 0.29) is 0 Å². The highest BCUT2D eigenvalue weighted by Gasteiger charge is 2.03. The molecule has 0 amide bonds. The van der Waals surface area contributed by atoms with E-state index in [2.05, 4.69) is 10.3 Å². The van der Waals surface area contributed by atoms with E-state index in [1.165, 1.54) is 0 Å². The topological polar surface area (TPSA) is 45.2 Å². The highest BCUT2D eigenvalue weighted by atomic mass is 32.1. The summed E-state index contributed by atoms with van der Waals surface area (Å²) in [4.78, 5) is 4.18. The van der Waals surface area contributed by atoms with Crippen LogP contribution in [-0.4, -0.2) is 10.1 Å². The molecule has 1 aromatic carbocycles. The molecule has 4 heteroatoms. The van der Waals surface area contributed by atoms with Crippen LogP contribution in [0.15, 0.2) is 29.1 Å². The van der Waals surface area contributed by atoms with Crippen molar-refractivity contribution < 1.29 is 5.11 Å². The van der Waals surface area contributed by atoms with Crippen LogP contribution >= 0.6 is 11.3 Å². The van der Waals surface area contributed by atoms with Crippen LogP contribution in [0.5, 0.6) is 5.75 Å². The molecule has 0 saturated heterocycles. The first-order valence-corrected chi connectivity index (χ1v) is 6.07. The molecule has 84 valence electrons. The molecular weight excluding hydrogens is 220 g/mol. The summed E-state index contributed by atoms with van der Waals surface area (Å²) in [6.07, 6.45) is 0. The Morgan fingerprint density at radius 2 is 2.25 bits per heavy atom. The first-order valence-electron chi connectivity index (χ1n) is 5.12. The maximum atomic E-state index is 9.80. The van der Waals surface area contributed by atoms with Crippen LogP contribution in [0.3, 0.4) is 0 Å². The van der Waals surface area contributed by atoms with Crippen LogP contribution in [0.25, 0.3) is 0 Å². The third kappa shape index (κ3) is 2.59. The second kappa shape index (κ2) is 5.09. The fourth-order valence-electron chi connectivity index (χ4n) is 1.51. The predicted molar refractivity (Wildman–Crippen MR) is 65.5 cm³/mol. The molecule has 2 N–H and O–H groups in total. The number of aromatic nitrogens is 1. The van der Waals surface area contributed by atoms with Crippen molar-refractivity contribution in [3.63, 3.8) is 0 Å². The molecule has 0 spiro atoms. The summed E-state index contributed by atoms with van der Waals surface area (Å²) in [5, 5.41) is 15.1. The van der Waals surface area contributed by atoms with Gasteiger partial charge in [0.1, 0.15) is 5.75 Å². The van der Waals surface area contributed by atoms with Crippen molar-refractivity contribution in [1.29, 1.82) is 0 Å². The number of hydrogen-bond donors (Lipinski definition) is 2. The largest absolute Gasteiger partial charge is 0.507 e. The van der Waals surface area contributed by atoms with Crippen molar-refractivity contribution in [2.75, 3.05) is 0 Å². The molecule has 16 heavy (non-hydrogen) atoms. The molecule has 0 unspecified atom stereocenters. The number of aryl methyl sites for hydroxylation is 1. The molecule has 0 aliphatic rings. The molecule has 3 nitrogen and oxygen atoms in total. The Balaban J connectivity index is 1.92. The molecule has 0 aliphatic heterocycles. The quantitative estimate of drug-likeness (QED) is 0.854. The molecule has 1 aromatic heterocycles. The Morgan fingerprint density at radius 3 is 3.00 bits per heavy atom. The van der Waals surface area contributed by atoms with Crippen molar-refractivity contribution in [1.82, 2.24) is 10.3 Å². The smallest absolute Gasteiger partial charge is 0.122 e. The van der Waals surface area contributed by atoms with E-state index in [1.807, 2.05) is 36.0 Å². The standard InChI is InChI=1S/C12H14N2OS/c1-9-3-2-4-10(12(9)15)5-13-6-11-7-16-8-14-11/h2-4,7-8,13,15H,5-6H2,1H3. The van der Waals surface area contributed by atoms with Crippen molar-refractivity contribution in [2.24, 2.45) is 0 Å². The number of benzene rings is 1. The van der Waals surface area contributed by atoms with Crippen LogP contribution < -0.4 is 5.32 Å². The van der Waals surface area contributed by atoms with Crippen LogP contribution in [0.2, 0.25) is 0 Å². The van der Waals surface area contributed by atoms with Crippen LogP contribution in [0, 0.1) is 6.92 Å². The van der Waals surface area contributed by atoms with Gasteiger partial charge >= 0.3 is 0 Å². The van der Waals surface area contributed by atoms with E-state index in [0.29, 0.717) is 12.3 Å². The minimum atomic E-state index is 0.383. The molecule has 0 atom stereocenters. The van der Waals surface area contributed by atoms with Gasteiger partial charge < -0.3 is 10.4 Å². The summed E-state index contributed by atoms with van der Waals surface area (Å²) in [6.45, 7) is 3.29. The van der Waals surface area contributed by atoms with E-state index in [0.717, 1.165) is 23.4 Å². The normalized spacial score (nSPS) is 10.6. The number of nitrogens with one attached hydrogen (secondary N) is 1. The third-order valence-electron chi connectivity index (χ3n) is 2.43. The Labute approximate surface area is 98.8 Å². The summed E-state index contributed by atoms with van der Waals surface area (Å²) < 4.78 is 0. The van der Waals surface area contributed by atoms with Gasteiger partial charge in [0.05, 0.1) is 11.2 Å². The molecule has 0 saturated carbocycles. The zero-order valence-electron chi connectivity index (χ0n) is 9.10. The van der Waals surface area contributed by atoms with Crippen molar-refractivity contribution >= 4 is 11.3 Å². The number of thiazole rings is 1. The monoisotopic (exact) mass is 234 g/mol. The Hall–Kier alpha value is -1.39. The summed E-state index contributed by atoms with van der Waals surface area (Å²) in [6, 6.07) is 5.78. The molecule has 2 rings (SSSR count). The average molecular weight is 234 g/mol. The van der Waals surface area contributed by atoms with Gasteiger partial charge in [-0.25, -0.2) is 4.98 Å². The summed E-state index contributed by atoms with van der Waals surface area (Å²) in [5.41, 5.74) is 4.70. The van der Waals surface area contributed by atoms with E-state index < -0.39 is 0 Å². The number of para-hydroxylation sites is 1. The van der Waals surface area contributed by atoms with Gasteiger partial charge in [0.15, 0.2) is 0 Å². The molecule has 0 radical (unpaired) electrons. The lowest BCUT2D eigenvalue weighted by Gasteiger charge is -2.07. The zero-order valence-corrected chi connectivity index (χ0v) is 9.92. The Kier molecular flexibility index (Phi) is 3.54. The number of hydrogen-bond acceptors (Lipinski definition) is 4. The first kappa shape index (κ1) is 11.1. The van der Waals surface area contributed by atoms with Crippen LogP contribution in [0.4, 0.5) is 0 Å². The van der Waals surface area contributed by atoms with E-state index in [4.69, 9.17) is 0 Å². The Morgan fingerprint density at radius 1 is 1.38 bits per heavy atom. The molecule has 0 fully saturated rings. The SMILES string of the molecule is Cc1cccc(CNCc2cscn2)c1O. The van der Waals surface area contributed by atoms with Crippen LogP contribution in [-0.2, 0) is 13.1 Å². The van der Waals surface area contributed by atoms with Crippen molar-refractivity contribution in [3.05, 3.63) is 45.9 Å². The van der Waals surface area contributed by atoms with Gasteiger partial charge in [0.25, 0.3) is 0 Å². The minimum Gasteiger partial charge on any atom is -0.507 e. The van der Waals surface area contributed by atoms with Crippen LogP contribution in [0.1, 0.15) is 16.8 Å². The van der Waals surface area contributed by atoms with E-state index >= 15 is 0 Å². The Bertz CT molecular complexity index is 454. The third-order valence-corrected chi connectivity index (χ3v) is 3.06. The lowest BCUT2D eigenvalue weighted by molar-refractivity contribution is 0.460. The minimum absolute atomic E-state index is 0.383. The zero-order chi connectivity index (χ0) is 11.4.